The van der Waals surface area contributed by atoms with Gasteiger partial charge < -0.3 is 15.4 Å². The zero-order valence-electron chi connectivity index (χ0n) is 10.4. The topological polar surface area (TPSA) is 51.2 Å². The van der Waals surface area contributed by atoms with E-state index in [1.165, 1.54) is 5.56 Å². The first-order valence-corrected chi connectivity index (χ1v) is 6.17. The molecule has 0 saturated heterocycles. The van der Waals surface area contributed by atoms with E-state index in [2.05, 4.69) is 36.9 Å². The molecule has 1 aromatic heterocycles. The van der Waals surface area contributed by atoms with E-state index in [1.807, 2.05) is 0 Å². The van der Waals surface area contributed by atoms with Gasteiger partial charge in [0.15, 0.2) is 0 Å². The molecule has 3 heteroatoms. The lowest BCUT2D eigenvalue weighted by atomic mass is 10.00. The highest BCUT2D eigenvalue weighted by atomic mass is 16.2. The van der Waals surface area contributed by atoms with E-state index in [9.17, 15) is 0 Å². The van der Waals surface area contributed by atoms with Gasteiger partial charge in [-0.15, -0.1) is 0 Å². The highest BCUT2D eigenvalue weighted by Gasteiger charge is 2.11. The summed E-state index contributed by atoms with van der Waals surface area (Å²) >= 11 is 0. The Morgan fingerprint density at radius 2 is 2.06 bits per heavy atom. The minimum absolute atomic E-state index is 0.138. The van der Waals surface area contributed by atoms with Crippen LogP contribution in [-0.4, -0.2) is 16.3 Å². The van der Waals surface area contributed by atoms with Crippen molar-refractivity contribution in [2.75, 3.05) is 6.61 Å². The van der Waals surface area contributed by atoms with E-state index in [4.69, 9.17) is 10.8 Å². The molecule has 0 aliphatic heterocycles. The van der Waals surface area contributed by atoms with Crippen molar-refractivity contribution in [1.29, 1.82) is 0 Å². The van der Waals surface area contributed by atoms with E-state index in [-0.39, 0.29) is 6.04 Å². The van der Waals surface area contributed by atoms with Gasteiger partial charge in [-0.25, -0.2) is 0 Å². The third kappa shape index (κ3) is 3.99. The highest BCUT2D eigenvalue weighted by molar-refractivity contribution is 5.15. The van der Waals surface area contributed by atoms with E-state index < -0.39 is 0 Å². The molecule has 0 aromatic carbocycles. The fourth-order valence-corrected chi connectivity index (χ4v) is 1.76. The molecule has 92 valence electrons. The Morgan fingerprint density at radius 3 is 2.69 bits per heavy atom. The average molecular weight is 224 g/mol. The molecule has 0 aliphatic rings. The van der Waals surface area contributed by atoms with Gasteiger partial charge in [0.1, 0.15) is 0 Å². The Bertz CT molecular complexity index is 294. The van der Waals surface area contributed by atoms with Gasteiger partial charge in [0, 0.05) is 31.6 Å². The Morgan fingerprint density at radius 1 is 1.31 bits per heavy atom. The predicted molar refractivity (Wildman–Crippen MR) is 67.1 cm³/mol. The van der Waals surface area contributed by atoms with Gasteiger partial charge in [0.05, 0.1) is 0 Å². The molecule has 0 amide bonds. The minimum Gasteiger partial charge on any atom is -0.396 e. The third-order valence-electron chi connectivity index (χ3n) is 2.95. The van der Waals surface area contributed by atoms with Crippen molar-refractivity contribution < 1.29 is 5.11 Å². The van der Waals surface area contributed by atoms with E-state index in [0.29, 0.717) is 12.5 Å². The van der Waals surface area contributed by atoms with Gasteiger partial charge in [-0.3, -0.25) is 0 Å². The summed E-state index contributed by atoms with van der Waals surface area (Å²) in [6.07, 6.45) is 7.34. The van der Waals surface area contributed by atoms with Crippen LogP contribution in [0.1, 0.15) is 44.7 Å². The number of aromatic nitrogens is 1. The van der Waals surface area contributed by atoms with Gasteiger partial charge in [0.25, 0.3) is 0 Å². The first-order chi connectivity index (χ1) is 7.65. The van der Waals surface area contributed by atoms with Crippen molar-refractivity contribution in [3.8, 4) is 0 Å². The molecule has 0 radical (unpaired) electrons. The number of hydrogen-bond donors (Lipinski definition) is 2. The van der Waals surface area contributed by atoms with Crippen LogP contribution in [0.3, 0.4) is 0 Å². The summed E-state index contributed by atoms with van der Waals surface area (Å²) < 4.78 is 2.19. The van der Waals surface area contributed by atoms with E-state index in [0.717, 1.165) is 25.8 Å². The molecule has 0 bridgehead atoms. The Hall–Kier alpha value is -0.800. The van der Waals surface area contributed by atoms with Crippen molar-refractivity contribution in [1.82, 2.24) is 4.57 Å². The predicted octanol–water partition coefficient (Wildman–Crippen LogP) is 2.31. The van der Waals surface area contributed by atoms with Crippen LogP contribution in [0.5, 0.6) is 0 Å². The summed E-state index contributed by atoms with van der Waals surface area (Å²) in [5.74, 6) is 0.477. The maximum atomic E-state index is 8.68. The summed E-state index contributed by atoms with van der Waals surface area (Å²) in [4.78, 5) is 0. The second kappa shape index (κ2) is 6.71. The lowest BCUT2D eigenvalue weighted by Gasteiger charge is -2.13. The Balaban J connectivity index is 2.39. The van der Waals surface area contributed by atoms with Crippen LogP contribution in [0, 0.1) is 5.92 Å². The summed E-state index contributed by atoms with van der Waals surface area (Å²) in [7, 11) is 0. The van der Waals surface area contributed by atoms with Gasteiger partial charge in [-0.05, 0) is 36.8 Å². The van der Waals surface area contributed by atoms with Crippen LogP contribution >= 0.6 is 0 Å². The fourth-order valence-electron chi connectivity index (χ4n) is 1.76. The first-order valence-electron chi connectivity index (χ1n) is 6.17. The average Bonchev–Trinajstić information content (AvgIpc) is 2.72. The van der Waals surface area contributed by atoms with Crippen LogP contribution in [-0.2, 0) is 6.54 Å². The van der Waals surface area contributed by atoms with Crippen molar-refractivity contribution in [2.24, 2.45) is 11.7 Å². The standard InChI is InChI=1S/C13H24N2O/c1-11(2)13(14)12-6-8-15(10-12)7-4-3-5-9-16/h6,8,10-11,13,16H,3-5,7,9,14H2,1-2H3. The first kappa shape index (κ1) is 13.3. The van der Waals surface area contributed by atoms with Crippen LogP contribution in [0.25, 0.3) is 0 Å². The number of hydrogen-bond acceptors (Lipinski definition) is 2. The van der Waals surface area contributed by atoms with Gasteiger partial charge in [0.2, 0.25) is 0 Å². The lowest BCUT2D eigenvalue weighted by molar-refractivity contribution is 0.282. The monoisotopic (exact) mass is 224 g/mol. The molecule has 3 nitrogen and oxygen atoms in total. The van der Waals surface area contributed by atoms with Crippen LogP contribution < -0.4 is 5.73 Å². The van der Waals surface area contributed by atoms with Crippen LogP contribution in [0.4, 0.5) is 0 Å². The second-order valence-electron chi connectivity index (χ2n) is 4.74. The molecule has 1 unspecified atom stereocenters. The minimum atomic E-state index is 0.138. The second-order valence-corrected chi connectivity index (χ2v) is 4.74. The number of rotatable bonds is 7. The number of aryl methyl sites for hydroxylation is 1. The largest absolute Gasteiger partial charge is 0.396 e. The van der Waals surface area contributed by atoms with E-state index >= 15 is 0 Å². The highest BCUT2D eigenvalue weighted by Crippen LogP contribution is 2.19. The molecule has 1 heterocycles. The molecule has 0 saturated carbocycles. The molecule has 16 heavy (non-hydrogen) atoms. The lowest BCUT2D eigenvalue weighted by Crippen LogP contribution is -2.15. The maximum absolute atomic E-state index is 8.68. The number of unbranched alkanes of at least 4 members (excludes halogenated alkanes) is 2. The van der Waals surface area contributed by atoms with Crippen molar-refractivity contribution in [3.63, 3.8) is 0 Å². The summed E-state index contributed by atoms with van der Waals surface area (Å²) in [5.41, 5.74) is 7.30. The van der Waals surface area contributed by atoms with Crippen molar-refractivity contribution >= 4 is 0 Å². The number of nitrogens with two attached hydrogens (primary N) is 1. The molecule has 0 fully saturated rings. The zero-order chi connectivity index (χ0) is 12.0. The fraction of sp³-hybridized carbons (Fsp3) is 0.692. The van der Waals surface area contributed by atoms with Crippen molar-refractivity contribution in [2.45, 2.75) is 45.7 Å². The smallest absolute Gasteiger partial charge is 0.0431 e. The molecule has 3 N–H and O–H groups in total. The molecule has 0 spiro atoms. The summed E-state index contributed by atoms with van der Waals surface area (Å²) in [6.45, 7) is 5.60. The molecule has 1 rings (SSSR count). The maximum Gasteiger partial charge on any atom is 0.0431 e. The molecule has 1 aromatic rings. The van der Waals surface area contributed by atoms with Crippen molar-refractivity contribution in [3.05, 3.63) is 24.0 Å². The van der Waals surface area contributed by atoms with Crippen LogP contribution in [0.2, 0.25) is 0 Å². The molecule has 0 aliphatic carbocycles. The number of nitrogens with zero attached hydrogens (tertiary/aromatic N) is 1. The van der Waals surface area contributed by atoms with Gasteiger partial charge in [-0.1, -0.05) is 13.8 Å². The number of aliphatic hydroxyl groups is 1. The van der Waals surface area contributed by atoms with Crippen LogP contribution in [0.15, 0.2) is 18.5 Å². The normalized spacial score (nSPS) is 13.3. The summed E-state index contributed by atoms with van der Waals surface area (Å²) in [6, 6.07) is 2.25. The molecule has 1 atom stereocenters. The Labute approximate surface area is 98.3 Å². The SMILES string of the molecule is CC(C)C(N)c1ccn(CCCCCO)c1. The molecular formula is C13H24N2O. The van der Waals surface area contributed by atoms with Gasteiger partial charge >= 0.3 is 0 Å². The molecular weight excluding hydrogens is 200 g/mol. The van der Waals surface area contributed by atoms with Gasteiger partial charge in [-0.2, -0.15) is 0 Å². The number of aliphatic hydroxyl groups excluding tert-OH is 1. The third-order valence-corrected chi connectivity index (χ3v) is 2.95. The quantitative estimate of drug-likeness (QED) is 0.698. The van der Waals surface area contributed by atoms with E-state index in [1.54, 1.807) is 0 Å². The summed E-state index contributed by atoms with van der Waals surface area (Å²) in [5, 5.41) is 8.68. The Kier molecular flexibility index (Phi) is 5.56. The zero-order valence-corrected chi connectivity index (χ0v) is 10.4.